The van der Waals surface area contributed by atoms with E-state index in [9.17, 15) is 4.79 Å². The van der Waals surface area contributed by atoms with Gasteiger partial charge in [-0.3, -0.25) is 4.79 Å². The Morgan fingerprint density at radius 1 is 1.15 bits per heavy atom. The molecule has 0 bridgehead atoms. The lowest BCUT2D eigenvalue weighted by Crippen LogP contribution is -2.53. The van der Waals surface area contributed by atoms with Gasteiger partial charge in [-0.1, -0.05) is 28.1 Å². The molecule has 1 fully saturated rings. The predicted molar refractivity (Wildman–Crippen MR) is 110 cm³/mol. The zero-order valence-corrected chi connectivity index (χ0v) is 17.1. The summed E-state index contributed by atoms with van der Waals surface area (Å²) in [5, 5.41) is 3.46. The summed E-state index contributed by atoms with van der Waals surface area (Å²) >= 11 is 3.46. The van der Waals surface area contributed by atoms with Gasteiger partial charge in [0.2, 0.25) is 5.91 Å². The molecule has 1 aliphatic heterocycles. The van der Waals surface area contributed by atoms with Gasteiger partial charge in [-0.2, -0.15) is 0 Å². The fourth-order valence-corrected chi connectivity index (χ4v) is 3.27. The number of carbonyl (C=O) groups is 1. The molecule has 1 aromatic heterocycles. The molecule has 2 heterocycles. The Balaban J connectivity index is 1.63. The third-order valence-electron chi connectivity index (χ3n) is 4.58. The van der Waals surface area contributed by atoms with E-state index in [-0.39, 0.29) is 5.91 Å². The molecule has 1 aromatic carbocycles. The van der Waals surface area contributed by atoms with Crippen molar-refractivity contribution in [3.8, 4) is 0 Å². The van der Waals surface area contributed by atoms with E-state index >= 15 is 0 Å². The van der Waals surface area contributed by atoms with E-state index in [2.05, 4.69) is 38.3 Å². The summed E-state index contributed by atoms with van der Waals surface area (Å²) in [6, 6.07) is 12.1. The summed E-state index contributed by atoms with van der Waals surface area (Å²) < 4.78 is 6.46. The zero-order valence-electron chi connectivity index (χ0n) is 15.5. The standard InChI is InChI=1S/C20H25BrN4O2/c1-16(26)24-10-12-25(13-11-24)20(22-9-8-19-3-2-14-27-19)23-15-17-4-6-18(21)7-5-17/h2-7,14H,8-13,15H2,1H3,(H,22,23). The number of piperazine rings is 1. The fraction of sp³-hybridized carbons (Fsp3) is 0.400. The minimum Gasteiger partial charge on any atom is -0.469 e. The van der Waals surface area contributed by atoms with E-state index in [0.717, 1.165) is 60.9 Å². The van der Waals surface area contributed by atoms with E-state index < -0.39 is 0 Å². The molecule has 0 radical (unpaired) electrons. The van der Waals surface area contributed by atoms with Gasteiger partial charge < -0.3 is 19.5 Å². The molecule has 1 saturated heterocycles. The third-order valence-corrected chi connectivity index (χ3v) is 5.11. The van der Waals surface area contributed by atoms with Crippen LogP contribution in [0.2, 0.25) is 0 Å². The number of halogens is 1. The zero-order chi connectivity index (χ0) is 19.1. The van der Waals surface area contributed by atoms with Crippen LogP contribution in [0, 0.1) is 0 Å². The third kappa shape index (κ3) is 5.85. The first-order chi connectivity index (χ1) is 13.1. The van der Waals surface area contributed by atoms with Crippen LogP contribution < -0.4 is 5.32 Å². The lowest BCUT2D eigenvalue weighted by atomic mass is 10.2. The van der Waals surface area contributed by atoms with E-state index in [1.165, 1.54) is 0 Å². The highest BCUT2D eigenvalue weighted by Crippen LogP contribution is 2.12. The van der Waals surface area contributed by atoms with E-state index in [1.807, 2.05) is 29.2 Å². The average Bonchev–Trinajstić information content (AvgIpc) is 3.19. The summed E-state index contributed by atoms with van der Waals surface area (Å²) in [5.41, 5.74) is 1.16. The Labute approximate surface area is 168 Å². The number of carbonyl (C=O) groups excluding carboxylic acids is 1. The van der Waals surface area contributed by atoms with Crippen LogP contribution in [0.4, 0.5) is 0 Å². The maximum atomic E-state index is 11.6. The molecule has 0 spiro atoms. The van der Waals surface area contributed by atoms with Crippen LogP contribution in [-0.4, -0.2) is 54.4 Å². The Morgan fingerprint density at radius 2 is 1.85 bits per heavy atom. The van der Waals surface area contributed by atoms with Crippen molar-refractivity contribution < 1.29 is 9.21 Å². The molecule has 6 nitrogen and oxygen atoms in total. The number of rotatable bonds is 5. The number of nitrogens with one attached hydrogen (secondary N) is 1. The second-order valence-electron chi connectivity index (χ2n) is 6.52. The fourth-order valence-electron chi connectivity index (χ4n) is 3.01. The highest BCUT2D eigenvalue weighted by Gasteiger charge is 2.21. The predicted octanol–water partition coefficient (Wildman–Crippen LogP) is 2.89. The molecule has 1 N–H and O–H groups in total. The van der Waals surface area contributed by atoms with Crippen LogP contribution in [0.1, 0.15) is 18.2 Å². The van der Waals surface area contributed by atoms with Gasteiger partial charge in [0.05, 0.1) is 12.8 Å². The Hall–Kier alpha value is -2.28. The van der Waals surface area contributed by atoms with Crippen molar-refractivity contribution in [2.45, 2.75) is 19.9 Å². The highest BCUT2D eigenvalue weighted by atomic mass is 79.9. The molecule has 2 aromatic rings. The number of nitrogens with zero attached hydrogens (tertiary/aromatic N) is 3. The minimum atomic E-state index is 0.133. The summed E-state index contributed by atoms with van der Waals surface area (Å²) in [6.07, 6.45) is 2.50. The molecule has 3 rings (SSSR count). The van der Waals surface area contributed by atoms with Crippen molar-refractivity contribution in [1.82, 2.24) is 15.1 Å². The molecule has 7 heteroatoms. The number of hydrogen-bond acceptors (Lipinski definition) is 3. The van der Waals surface area contributed by atoms with Crippen LogP contribution in [0.3, 0.4) is 0 Å². The number of furan rings is 1. The highest BCUT2D eigenvalue weighted by molar-refractivity contribution is 9.10. The molecule has 0 atom stereocenters. The quantitative estimate of drug-likeness (QED) is 0.582. The Bertz CT molecular complexity index is 751. The molecule has 0 unspecified atom stereocenters. The molecule has 144 valence electrons. The van der Waals surface area contributed by atoms with Crippen LogP contribution in [0.25, 0.3) is 0 Å². The van der Waals surface area contributed by atoms with Gasteiger partial charge in [0, 0.05) is 50.5 Å². The number of hydrogen-bond donors (Lipinski definition) is 1. The molecule has 1 amide bonds. The van der Waals surface area contributed by atoms with Crippen molar-refractivity contribution >= 4 is 27.8 Å². The second-order valence-corrected chi connectivity index (χ2v) is 7.43. The van der Waals surface area contributed by atoms with Gasteiger partial charge in [0.15, 0.2) is 5.96 Å². The largest absolute Gasteiger partial charge is 0.469 e. The summed E-state index contributed by atoms with van der Waals surface area (Å²) in [5.74, 6) is 1.97. The maximum Gasteiger partial charge on any atom is 0.219 e. The maximum absolute atomic E-state index is 11.6. The van der Waals surface area contributed by atoms with Crippen LogP contribution in [-0.2, 0) is 17.8 Å². The number of benzene rings is 1. The average molecular weight is 433 g/mol. The van der Waals surface area contributed by atoms with Crippen molar-refractivity contribution in [2.75, 3.05) is 32.7 Å². The lowest BCUT2D eigenvalue weighted by Gasteiger charge is -2.36. The Morgan fingerprint density at radius 3 is 2.48 bits per heavy atom. The first-order valence-electron chi connectivity index (χ1n) is 9.17. The first kappa shape index (κ1) is 19.5. The minimum absolute atomic E-state index is 0.133. The van der Waals surface area contributed by atoms with Crippen LogP contribution >= 0.6 is 15.9 Å². The van der Waals surface area contributed by atoms with Gasteiger partial charge in [-0.05, 0) is 29.8 Å². The number of aliphatic imine (C=N–C) groups is 1. The van der Waals surface area contributed by atoms with Crippen molar-refractivity contribution in [1.29, 1.82) is 0 Å². The first-order valence-corrected chi connectivity index (χ1v) is 9.97. The van der Waals surface area contributed by atoms with Gasteiger partial charge in [-0.25, -0.2) is 4.99 Å². The molecule has 0 saturated carbocycles. The van der Waals surface area contributed by atoms with Crippen LogP contribution in [0.15, 0.2) is 56.5 Å². The molecule has 1 aliphatic rings. The molecular formula is C20H25BrN4O2. The topological polar surface area (TPSA) is 61.1 Å². The van der Waals surface area contributed by atoms with E-state index in [4.69, 9.17) is 9.41 Å². The van der Waals surface area contributed by atoms with E-state index in [1.54, 1.807) is 13.2 Å². The van der Waals surface area contributed by atoms with Gasteiger partial charge >= 0.3 is 0 Å². The normalized spacial score (nSPS) is 15.1. The molecular weight excluding hydrogens is 408 g/mol. The van der Waals surface area contributed by atoms with Crippen molar-refractivity contribution in [3.05, 3.63) is 58.5 Å². The second kappa shape index (κ2) is 9.60. The smallest absolute Gasteiger partial charge is 0.219 e. The lowest BCUT2D eigenvalue weighted by molar-refractivity contribution is -0.130. The summed E-state index contributed by atoms with van der Waals surface area (Å²) in [6.45, 7) is 6.01. The molecule has 0 aliphatic carbocycles. The van der Waals surface area contributed by atoms with Gasteiger partial charge in [0.1, 0.15) is 5.76 Å². The van der Waals surface area contributed by atoms with E-state index in [0.29, 0.717) is 6.54 Å². The SMILES string of the molecule is CC(=O)N1CCN(C(=NCc2ccc(Br)cc2)NCCc2ccco2)CC1. The van der Waals surface area contributed by atoms with Gasteiger partial charge in [-0.15, -0.1) is 0 Å². The monoisotopic (exact) mass is 432 g/mol. The number of guanidine groups is 1. The summed E-state index contributed by atoms with van der Waals surface area (Å²) in [4.78, 5) is 20.5. The number of amides is 1. The summed E-state index contributed by atoms with van der Waals surface area (Å²) in [7, 11) is 0. The molecule has 27 heavy (non-hydrogen) atoms. The Kier molecular flexibility index (Phi) is 6.92. The van der Waals surface area contributed by atoms with Crippen molar-refractivity contribution in [3.63, 3.8) is 0 Å². The van der Waals surface area contributed by atoms with Crippen LogP contribution in [0.5, 0.6) is 0 Å². The van der Waals surface area contributed by atoms with Gasteiger partial charge in [0.25, 0.3) is 0 Å². The van der Waals surface area contributed by atoms with Crippen molar-refractivity contribution in [2.24, 2.45) is 4.99 Å².